The van der Waals surface area contributed by atoms with Gasteiger partial charge >= 0.3 is 0 Å². The summed E-state index contributed by atoms with van der Waals surface area (Å²) in [4.78, 5) is 41.5. The standard InChI is InChI=1S/C27H33FN4O3/c1-5-14-27(26(30)35,20(24(29)33)15-16(2)3)23-25(34)32(4)21-9-7-6-8-19(21)22(31-23)17-10-12-18(28)13-11-17/h5-13,16,20,22-23,31H,1,14-15H2,2-4H3,(H2,29,33)(H2,30,35). The largest absolute Gasteiger partial charge is 0.369 e. The molecule has 1 aliphatic rings. The Bertz CT molecular complexity index is 1120. The fraction of sp³-hybridized carbons (Fsp3) is 0.370. The number of anilines is 1. The summed E-state index contributed by atoms with van der Waals surface area (Å²) in [5, 5.41) is 3.33. The molecule has 4 atom stereocenters. The number of para-hydroxylation sites is 1. The average Bonchev–Trinajstić information content (AvgIpc) is 2.92. The van der Waals surface area contributed by atoms with E-state index >= 15 is 0 Å². The summed E-state index contributed by atoms with van der Waals surface area (Å²) in [6, 6.07) is 11.4. The maximum absolute atomic E-state index is 14.0. The third-order valence-corrected chi connectivity index (χ3v) is 6.85. The number of nitrogens with zero attached hydrogens (tertiary/aromatic N) is 1. The zero-order chi connectivity index (χ0) is 25.9. The van der Waals surface area contributed by atoms with Crippen LogP contribution < -0.4 is 21.7 Å². The number of hydrogen-bond acceptors (Lipinski definition) is 4. The number of carbonyl (C=O) groups excluding carboxylic acids is 3. The summed E-state index contributed by atoms with van der Waals surface area (Å²) >= 11 is 0. The molecule has 2 aromatic carbocycles. The van der Waals surface area contributed by atoms with Crippen LogP contribution in [-0.4, -0.2) is 30.8 Å². The Kier molecular flexibility index (Phi) is 7.75. The first kappa shape index (κ1) is 26.1. The molecule has 0 saturated carbocycles. The Morgan fingerprint density at radius 3 is 2.34 bits per heavy atom. The second kappa shape index (κ2) is 10.4. The number of allylic oxidation sites excluding steroid dienone is 1. The van der Waals surface area contributed by atoms with E-state index in [1.165, 1.54) is 23.1 Å². The lowest BCUT2D eigenvalue weighted by atomic mass is 9.63. The predicted molar refractivity (Wildman–Crippen MR) is 134 cm³/mol. The molecule has 3 amide bonds. The molecule has 5 N–H and O–H groups in total. The highest BCUT2D eigenvalue weighted by Crippen LogP contribution is 2.44. The van der Waals surface area contributed by atoms with Crippen LogP contribution in [0.25, 0.3) is 0 Å². The van der Waals surface area contributed by atoms with Gasteiger partial charge in [-0.3, -0.25) is 19.7 Å². The van der Waals surface area contributed by atoms with Crippen LogP contribution in [-0.2, 0) is 14.4 Å². The molecule has 0 bridgehead atoms. The van der Waals surface area contributed by atoms with Gasteiger partial charge in [-0.2, -0.15) is 0 Å². The molecule has 0 aromatic heterocycles. The lowest BCUT2D eigenvalue weighted by molar-refractivity contribution is -0.146. The molecule has 0 radical (unpaired) electrons. The van der Waals surface area contributed by atoms with Crippen molar-refractivity contribution in [3.8, 4) is 0 Å². The number of carbonyl (C=O) groups is 3. The first-order valence-corrected chi connectivity index (χ1v) is 11.6. The summed E-state index contributed by atoms with van der Waals surface area (Å²) in [5.74, 6) is -3.38. The van der Waals surface area contributed by atoms with Gasteiger partial charge in [0.25, 0.3) is 0 Å². The Morgan fingerprint density at radius 2 is 1.80 bits per heavy atom. The summed E-state index contributed by atoms with van der Waals surface area (Å²) in [7, 11) is 1.62. The quantitative estimate of drug-likeness (QED) is 0.478. The van der Waals surface area contributed by atoms with Crippen LogP contribution in [0.3, 0.4) is 0 Å². The van der Waals surface area contributed by atoms with Gasteiger partial charge in [-0.1, -0.05) is 50.3 Å². The van der Waals surface area contributed by atoms with E-state index in [0.29, 0.717) is 11.3 Å². The van der Waals surface area contributed by atoms with E-state index < -0.39 is 47.0 Å². The van der Waals surface area contributed by atoms with Crippen molar-refractivity contribution in [3.05, 3.63) is 78.1 Å². The number of primary amides is 2. The van der Waals surface area contributed by atoms with Crippen LogP contribution in [0.4, 0.5) is 10.1 Å². The number of nitrogens with two attached hydrogens (primary N) is 2. The molecular weight excluding hydrogens is 447 g/mol. The van der Waals surface area contributed by atoms with E-state index in [4.69, 9.17) is 11.5 Å². The van der Waals surface area contributed by atoms with E-state index in [-0.39, 0.29) is 18.8 Å². The minimum absolute atomic E-state index is 0.000238. The van der Waals surface area contributed by atoms with Gasteiger partial charge in [0.2, 0.25) is 17.7 Å². The third-order valence-electron chi connectivity index (χ3n) is 6.85. The van der Waals surface area contributed by atoms with Gasteiger partial charge in [0.05, 0.1) is 17.4 Å². The molecule has 1 aliphatic heterocycles. The molecule has 1 heterocycles. The number of rotatable bonds is 9. The fourth-order valence-corrected chi connectivity index (χ4v) is 5.14. The topological polar surface area (TPSA) is 119 Å². The Hall–Kier alpha value is -3.52. The molecule has 186 valence electrons. The fourth-order valence-electron chi connectivity index (χ4n) is 5.14. The van der Waals surface area contributed by atoms with E-state index in [0.717, 1.165) is 5.56 Å². The van der Waals surface area contributed by atoms with Crippen LogP contribution in [0.1, 0.15) is 43.9 Å². The smallest absolute Gasteiger partial charge is 0.245 e. The molecule has 7 nitrogen and oxygen atoms in total. The van der Waals surface area contributed by atoms with E-state index in [9.17, 15) is 18.8 Å². The van der Waals surface area contributed by atoms with Crippen molar-refractivity contribution in [2.75, 3.05) is 11.9 Å². The molecule has 2 aromatic rings. The van der Waals surface area contributed by atoms with Gasteiger partial charge in [-0.25, -0.2) is 4.39 Å². The second-order valence-electron chi connectivity index (χ2n) is 9.52. The number of hydrogen-bond donors (Lipinski definition) is 3. The van der Waals surface area contributed by atoms with E-state index in [1.807, 2.05) is 26.0 Å². The minimum atomic E-state index is -1.68. The van der Waals surface area contributed by atoms with Crippen LogP contribution in [0.5, 0.6) is 0 Å². The van der Waals surface area contributed by atoms with Crippen LogP contribution in [0.15, 0.2) is 61.2 Å². The molecule has 0 fully saturated rings. The SMILES string of the molecule is C=CCC(C(N)=O)(C(CC(C)C)C(N)=O)C1NC(c2ccc(F)cc2)c2ccccc2N(C)C1=O. The van der Waals surface area contributed by atoms with Crippen molar-refractivity contribution >= 4 is 23.4 Å². The summed E-state index contributed by atoms with van der Waals surface area (Å²) in [6.07, 6.45) is 1.71. The Balaban J connectivity index is 2.29. The lowest BCUT2D eigenvalue weighted by Crippen LogP contribution is -2.64. The first-order valence-electron chi connectivity index (χ1n) is 11.6. The van der Waals surface area contributed by atoms with Crippen molar-refractivity contribution in [3.63, 3.8) is 0 Å². The lowest BCUT2D eigenvalue weighted by Gasteiger charge is -2.43. The monoisotopic (exact) mass is 480 g/mol. The molecular formula is C27H33FN4O3. The Labute approximate surface area is 205 Å². The highest BCUT2D eigenvalue weighted by molar-refractivity contribution is 6.04. The Morgan fingerprint density at radius 1 is 1.17 bits per heavy atom. The van der Waals surface area contributed by atoms with Crippen molar-refractivity contribution in [2.24, 2.45) is 28.7 Å². The molecule has 0 saturated heterocycles. The number of benzene rings is 2. The predicted octanol–water partition coefficient (Wildman–Crippen LogP) is 3.05. The minimum Gasteiger partial charge on any atom is -0.369 e. The van der Waals surface area contributed by atoms with Crippen molar-refractivity contribution < 1.29 is 18.8 Å². The van der Waals surface area contributed by atoms with Crippen molar-refractivity contribution in [1.29, 1.82) is 0 Å². The molecule has 3 rings (SSSR count). The zero-order valence-corrected chi connectivity index (χ0v) is 20.3. The average molecular weight is 481 g/mol. The number of fused-ring (bicyclic) bond motifs is 1. The highest BCUT2D eigenvalue weighted by atomic mass is 19.1. The van der Waals surface area contributed by atoms with Crippen molar-refractivity contribution in [1.82, 2.24) is 5.32 Å². The van der Waals surface area contributed by atoms with Gasteiger partial charge in [0.1, 0.15) is 11.9 Å². The molecule has 0 aliphatic carbocycles. The normalized spacial score (nSPS) is 20.5. The summed E-state index contributed by atoms with van der Waals surface area (Å²) < 4.78 is 13.7. The second-order valence-corrected chi connectivity index (χ2v) is 9.52. The number of halogens is 1. The van der Waals surface area contributed by atoms with Gasteiger partial charge in [-0.05, 0) is 48.1 Å². The maximum atomic E-state index is 14.0. The summed E-state index contributed by atoms with van der Waals surface area (Å²) in [5.41, 5.74) is 12.2. The van der Waals surface area contributed by atoms with Gasteiger partial charge in [0.15, 0.2) is 0 Å². The molecule has 8 heteroatoms. The summed E-state index contributed by atoms with van der Waals surface area (Å²) in [6.45, 7) is 7.59. The zero-order valence-electron chi connectivity index (χ0n) is 20.3. The highest BCUT2D eigenvalue weighted by Gasteiger charge is 2.56. The van der Waals surface area contributed by atoms with Crippen LogP contribution in [0.2, 0.25) is 0 Å². The number of amides is 3. The maximum Gasteiger partial charge on any atom is 0.245 e. The molecule has 4 unspecified atom stereocenters. The van der Waals surface area contributed by atoms with E-state index in [2.05, 4.69) is 11.9 Å². The van der Waals surface area contributed by atoms with Crippen LogP contribution >= 0.6 is 0 Å². The van der Waals surface area contributed by atoms with Gasteiger partial charge in [0, 0.05) is 12.7 Å². The van der Waals surface area contributed by atoms with Crippen molar-refractivity contribution in [2.45, 2.75) is 38.8 Å². The molecule has 35 heavy (non-hydrogen) atoms. The van der Waals surface area contributed by atoms with Crippen LogP contribution in [0, 0.1) is 23.1 Å². The van der Waals surface area contributed by atoms with E-state index in [1.54, 1.807) is 31.3 Å². The first-order chi connectivity index (χ1) is 16.5. The van der Waals surface area contributed by atoms with Gasteiger partial charge in [-0.15, -0.1) is 6.58 Å². The molecule has 0 spiro atoms. The number of likely N-dealkylation sites (N-methyl/N-ethyl adjacent to an activating group) is 1. The number of nitrogens with one attached hydrogen (secondary N) is 1. The third kappa shape index (κ3) is 4.84. The van der Waals surface area contributed by atoms with Gasteiger partial charge < -0.3 is 16.4 Å².